The number of carbonyl (C=O) groups is 1. The Hall–Kier alpha value is -0.670. The van der Waals surface area contributed by atoms with Crippen molar-refractivity contribution in [2.45, 2.75) is 52.2 Å². The van der Waals surface area contributed by atoms with Gasteiger partial charge in [-0.2, -0.15) is 0 Å². The van der Waals surface area contributed by atoms with E-state index in [9.17, 15) is 15.0 Å². The van der Waals surface area contributed by atoms with Crippen molar-refractivity contribution in [3.8, 4) is 0 Å². The Balaban J connectivity index is 3.01. The summed E-state index contributed by atoms with van der Waals surface area (Å²) in [4.78, 5) is 11.0. The molecule has 0 heterocycles. The number of hydrogen-bond acceptors (Lipinski definition) is 3. The summed E-state index contributed by atoms with van der Waals surface area (Å²) in [5.74, 6) is -0.237. The van der Waals surface area contributed by atoms with Crippen molar-refractivity contribution < 1.29 is 15.0 Å². The summed E-state index contributed by atoms with van der Waals surface area (Å²) in [5, 5.41) is 20.2. The molecule has 1 rings (SSSR count). The monoisotopic (exact) mass is 226 g/mol. The number of aliphatic hydroxyl groups excluding tert-OH is 1. The summed E-state index contributed by atoms with van der Waals surface area (Å²) >= 11 is 0. The molecule has 3 nitrogen and oxygen atoms in total. The number of rotatable bonds is 2. The highest BCUT2D eigenvalue weighted by molar-refractivity contribution is 5.87. The van der Waals surface area contributed by atoms with E-state index >= 15 is 0 Å². The summed E-state index contributed by atoms with van der Waals surface area (Å²) in [6.07, 6.45) is 3.95. The molecule has 3 atom stereocenters. The van der Waals surface area contributed by atoms with E-state index < -0.39 is 11.7 Å². The van der Waals surface area contributed by atoms with E-state index in [-0.39, 0.29) is 17.1 Å². The lowest BCUT2D eigenvalue weighted by Crippen LogP contribution is -2.54. The molecule has 0 aromatic carbocycles. The van der Waals surface area contributed by atoms with Crippen LogP contribution in [0.1, 0.15) is 40.5 Å². The van der Waals surface area contributed by atoms with Gasteiger partial charge in [-0.15, -0.1) is 0 Å². The lowest BCUT2D eigenvalue weighted by molar-refractivity contribution is -0.147. The van der Waals surface area contributed by atoms with E-state index in [0.717, 1.165) is 6.42 Å². The van der Waals surface area contributed by atoms with Crippen LogP contribution in [0.4, 0.5) is 0 Å². The highest BCUT2D eigenvalue weighted by Crippen LogP contribution is 2.46. The fourth-order valence-electron chi connectivity index (χ4n) is 2.64. The van der Waals surface area contributed by atoms with Crippen molar-refractivity contribution in [1.82, 2.24) is 0 Å². The molecule has 1 fully saturated rings. The second-order valence-corrected chi connectivity index (χ2v) is 5.72. The second kappa shape index (κ2) is 4.30. The number of carbonyl (C=O) groups excluding carboxylic acids is 1. The maximum atomic E-state index is 11.0. The molecule has 16 heavy (non-hydrogen) atoms. The van der Waals surface area contributed by atoms with Crippen LogP contribution in [0, 0.1) is 11.3 Å². The molecule has 0 bridgehead atoms. The maximum Gasteiger partial charge on any atom is 0.152 e. The Morgan fingerprint density at radius 2 is 1.94 bits per heavy atom. The minimum atomic E-state index is -1.16. The van der Waals surface area contributed by atoms with Crippen LogP contribution in [0.3, 0.4) is 0 Å². The third-order valence-electron chi connectivity index (χ3n) is 3.73. The van der Waals surface area contributed by atoms with Gasteiger partial charge < -0.3 is 10.2 Å². The molecule has 1 aliphatic rings. The van der Waals surface area contributed by atoms with Crippen LogP contribution in [0.5, 0.6) is 0 Å². The number of hydrogen-bond donors (Lipinski definition) is 2. The Morgan fingerprint density at radius 1 is 1.38 bits per heavy atom. The fourth-order valence-corrected chi connectivity index (χ4v) is 2.64. The Bertz CT molecular complexity index is 302. The molecule has 3 heteroatoms. The minimum Gasteiger partial charge on any atom is -0.390 e. The fraction of sp³-hybridized carbons (Fsp3) is 0.769. The average molecular weight is 226 g/mol. The van der Waals surface area contributed by atoms with Gasteiger partial charge in [0.15, 0.2) is 5.78 Å². The van der Waals surface area contributed by atoms with E-state index in [1.54, 1.807) is 13.0 Å². The molecule has 0 unspecified atom stereocenters. The third-order valence-corrected chi connectivity index (χ3v) is 3.73. The van der Waals surface area contributed by atoms with Gasteiger partial charge in [-0.3, -0.25) is 4.79 Å². The zero-order valence-corrected chi connectivity index (χ0v) is 10.5. The first kappa shape index (κ1) is 13.4. The van der Waals surface area contributed by atoms with Crippen molar-refractivity contribution in [2.75, 3.05) is 0 Å². The lowest BCUT2D eigenvalue weighted by Gasteiger charge is -2.49. The van der Waals surface area contributed by atoms with Crippen LogP contribution < -0.4 is 0 Å². The highest BCUT2D eigenvalue weighted by Gasteiger charge is 2.49. The van der Waals surface area contributed by atoms with Crippen molar-refractivity contribution >= 4 is 5.78 Å². The normalized spacial score (nSPS) is 38.9. The van der Waals surface area contributed by atoms with Crippen LogP contribution >= 0.6 is 0 Å². The minimum absolute atomic E-state index is 0.0355. The molecule has 0 amide bonds. The van der Waals surface area contributed by atoms with Crippen LogP contribution in [0.25, 0.3) is 0 Å². The SMILES string of the molecule is CC(=O)/C=C/[C@@H]1C(C)(C)CC[C@@H](O)[C@]1(C)O. The number of ketones is 1. The van der Waals surface area contributed by atoms with Gasteiger partial charge in [0.2, 0.25) is 0 Å². The molecular weight excluding hydrogens is 204 g/mol. The van der Waals surface area contributed by atoms with Gasteiger partial charge in [-0.05, 0) is 38.2 Å². The second-order valence-electron chi connectivity index (χ2n) is 5.72. The average Bonchev–Trinajstić information content (AvgIpc) is 2.11. The first-order valence-electron chi connectivity index (χ1n) is 5.77. The predicted octanol–water partition coefficient (Wildman–Crippen LogP) is 1.68. The first-order chi connectivity index (χ1) is 7.18. The molecule has 1 aliphatic carbocycles. The lowest BCUT2D eigenvalue weighted by atomic mass is 9.60. The van der Waals surface area contributed by atoms with Gasteiger partial charge in [0.1, 0.15) is 0 Å². The van der Waals surface area contributed by atoms with Gasteiger partial charge in [-0.1, -0.05) is 19.9 Å². The molecule has 1 saturated carbocycles. The van der Waals surface area contributed by atoms with E-state index in [1.165, 1.54) is 13.0 Å². The Kier molecular flexibility index (Phi) is 3.60. The summed E-state index contributed by atoms with van der Waals surface area (Å²) in [7, 11) is 0. The van der Waals surface area contributed by atoms with Gasteiger partial charge >= 0.3 is 0 Å². The van der Waals surface area contributed by atoms with Gasteiger partial charge in [0.25, 0.3) is 0 Å². The van der Waals surface area contributed by atoms with Crippen LogP contribution in [-0.2, 0) is 4.79 Å². The summed E-state index contributed by atoms with van der Waals surface area (Å²) in [6, 6.07) is 0. The summed E-state index contributed by atoms with van der Waals surface area (Å²) in [6.45, 7) is 7.25. The molecular formula is C13H22O3. The largest absolute Gasteiger partial charge is 0.390 e. The first-order valence-corrected chi connectivity index (χ1v) is 5.77. The van der Waals surface area contributed by atoms with Crippen molar-refractivity contribution in [3.05, 3.63) is 12.2 Å². The van der Waals surface area contributed by atoms with E-state index in [4.69, 9.17) is 0 Å². The smallest absolute Gasteiger partial charge is 0.152 e. The Labute approximate surface area is 97.2 Å². The molecule has 0 aromatic heterocycles. The third kappa shape index (κ3) is 2.53. The maximum absolute atomic E-state index is 11.0. The predicted molar refractivity (Wildman–Crippen MR) is 63.0 cm³/mol. The van der Waals surface area contributed by atoms with Crippen LogP contribution in [-0.4, -0.2) is 27.7 Å². The van der Waals surface area contributed by atoms with Gasteiger partial charge in [-0.25, -0.2) is 0 Å². The molecule has 0 aliphatic heterocycles. The van der Waals surface area contributed by atoms with Crippen molar-refractivity contribution in [2.24, 2.45) is 11.3 Å². The molecule has 92 valence electrons. The molecule has 2 N–H and O–H groups in total. The zero-order valence-electron chi connectivity index (χ0n) is 10.5. The summed E-state index contributed by atoms with van der Waals surface area (Å²) in [5.41, 5.74) is -1.26. The highest BCUT2D eigenvalue weighted by atomic mass is 16.3. The number of aliphatic hydroxyl groups is 2. The van der Waals surface area contributed by atoms with Crippen LogP contribution in [0.15, 0.2) is 12.2 Å². The van der Waals surface area contributed by atoms with E-state index in [1.807, 2.05) is 0 Å². The standard InChI is InChI=1S/C13H22O3/c1-9(14)5-6-10-12(2,3)8-7-11(15)13(10,4)16/h5-6,10-11,15-16H,7-8H2,1-4H3/b6-5+/t10-,11-,13-/m1/s1. The van der Waals surface area contributed by atoms with Gasteiger partial charge in [0.05, 0.1) is 11.7 Å². The number of allylic oxidation sites excluding steroid dienone is 1. The van der Waals surface area contributed by atoms with Crippen molar-refractivity contribution in [1.29, 1.82) is 0 Å². The molecule has 0 spiro atoms. The van der Waals surface area contributed by atoms with E-state index in [2.05, 4.69) is 13.8 Å². The van der Waals surface area contributed by atoms with Crippen LogP contribution in [0.2, 0.25) is 0 Å². The topological polar surface area (TPSA) is 57.5 Å². The van der Waals surface area contributed by atoms with Gasteiger partial charge in [0, 0.05) is 5.92 Å². The molecule has 0 radical (unpaired) electrons. The zero-order chi connectivity index (χ0) is 12.6. The van der Waals surface area contributed by atoms with E-state index in [0.29, 0.717) is 6.42 Å². The molecule has 0 saturated heterocycles. The quantitative estimate of drug-likeness (QED) is 0.704. The summed E-state index contributed by atoms with van der Waals surface area (Å²) < 4.78 is 0. The van der Waals surface area contributed by atoms with Crippen molar-refractivity contribution in [3.63, 3.8) is 0 Å². The molecule has 0 aromatic rings. The Morgan fingerprint density at radius 3 is 2.44 bits per heavy atom.